The number of carbonyl (C=O) groups is 3. The first-order valence-corrected chi connectivity index (χ1v) is 11.2. The van der Waals surface area contributed by atoms with Crippen LogP contribution in [0.3, 0.4) is 0 Å². The van der Waals surface area contributed by atoms with Crippen molar-refractivity contribution >= 4 is 18.0 Å². The fourth-order valence-corrected chi connectivity index (χ4v) is 4.52. The number of fused-ring (bicyclic) bond motifs is 3. The zero-order valence-electron chi connectivity index (χ0n) is 18.9. The second kappa shape index (κ2) is 10.2. The fourth-order valence-electron chi connectivity index (χ4n) is 4.52. The van der Waals surface area contributed by atoms with E-state index in [0.717, 1.165) is 28.7 Å². The van der Waals surface area contributed by atoms with Crippen LogP contribution in [0.2, 0.25) is 0 Å². The maximum absolute atomic E-state index is 12.7. The lowest BCUT2D eigenvalue weighted by atomic mass is 9.68. The number of alkyl carbamates (subject to hydrolysis) is 1. The molecule has 1 fully saturated rings. The molecule has 0 heterocycles. The second-order valence-corrected chi connectivity index (χ2v) is 8.64. The molecule has 1 saturated carbocycles. The Labute approximate surface area is 197 Å². The maximum atomic E-state index is 12.7. The van der Waals surface area contributed by atoms with Gasteiger partial charge >= 0.3 is 12.1 Å². The number of nitrogens with one attached hydrogen (secondary N) is 2. The van der Waals surface area contributed by atoms with E-state index in [2.05, 4.69) is 22.9 Å². The van der Waals surface area contributed by atoms with E-state index < -0.39 is 29.5 Å². The van der Waals surface area contributed by atoms with Gasteiger partial charge in [-0.25, -0.2) is 15.1 Å². The third-order valence-corrected chi connectivity index (χ3v) is 6.59. The number of hydroxylamine groups is 1. The van der Waals surface area contributed by atoms with Gasteiger partial charge in [0.2, 0.25) is 6.10 Å². The number of amides is 2. The predicted molar refractivity (Wildman–Crippen MR) is 122 cm³/mol. The summed E-state index contributed by atoms with van der Waals surface area (Å²) < 4.78 is 10.3. The van der Waals surface area contributed by atoms with Crippen LogP contribution in [0.25, 0.3) is 11.1 Å². The van der Waals surface area contributed by atoms with Gasteiger partial charge in [0.1, 0.15) is 6.61 Å². The number of benzene rings is 2. The van der Waals surface area contributed by atoms with Crippen LogP contribution < -0.4 is 10.8 Å². The van der Waals surface area contributed by atoms with Crippen LogP contribution in [0.1, 0.15) is 36.3 Å². The van der Waals surface area contributed by atoms with Crippen LogP contribution in [0, 0.1) is 5.41 Å². The summed E-state index contributed by atoms with van der Waals surface area (Å²) in [5, 5.41) is 11.8. The zero-order valence-corrected chi connectivity index (χ0v) is 18.9. The van der Waals surface area contributed by atoms with Crippen LogP contribution in [-0.2, 0) is 23.9 Å². The minimum absolute atomic E-state index is 0.0544. The molecule has 180 valence electrons. The molecule has 1 atom stereocenters. The van der Waals surface area contributed by atoms with Gasteiger partial charge in [-0.05, 0) is 35.1 Å². The Morgan fingerprint density at radius 3 is 2.21 bits per heavy atom. The van der Waals surface area contributed by atoms with Crippen LogP contribution >= 0.6 is 0 Å². The van der Waals surface area contributed by atoms with E-state index >= 15 is 0 Å². The molecule has 1 unspecified atom stereocenters. The third kappa shape index (κ3) is 4.76. The van der Waals surface area contributed by atoms with Crippen molar-refractivity contribution in [2.45, 2.75) is 31.3 Å². The summed E-state index contributed by atoms with van der Waals surface area (Å²) in [5.41, 5.74) is 5.89. The monoisotopic (exact) mass is 468 g/mol. The van der Waals surface area contributed by atoms with Crippen molar-refractivity contribution in [1.82, 2.24) is 10.8 Å². The highest BCUT2D eigenvalue weighted by Crippen LogP contribution is 2.44. The van der Waals surface area contributed by atoms with E-state index in [1.54, 1.807) is 0 Å². The summed E-state index contributed by atoms with van der Waals surface area (Å²) in [6, 6.07) is 16.2. The molecule has 0 saturated heterocycles. The fraction of sp³-hybridized carbons (Fsp3) is 0.400. The van der Waals surface area contributed by atoms with Crippen molar-refractivity contribution in [3.63, 3.8) is 0 Å². The van der Waals surface area contributed by atoms with Gasteiger partial charge < -0.3 is 19.9 Å². The Hall–Kier alpha value is -3.43. The normalized spacial score (nSPS) is 16.5. The second-order valence-electron chi connectivity index (χ2n) is 8.64. The first-order valence-electron chi connectivity index (χ1n) is 11.2. The van der Waals surface area contributed by atoms with Crippen molar-refractivity contribution in [2.24, 2.45) is 5.41 Å². The zero-order chi connectivity index (χ0) is 24.1. The molecule has 0 aromatic heterocycles. The number of methoxy groups -OCH3 is 1. The number of aliphatic carboxylic acids is 1. The molecule has 2 aliphatic carbocycles. The number of ether oxygens (including phenoxy) is 2. The number of hydrogen-bond donors (Lipinski definition) is 3. The van der Waals surface area contributed by atoms with Gasteiger partial charge in [0, 0.05) is 19.6 Å². The molecule has 2 amide bonds. The largest absolute Gasteiger partial charge is 0.479 e. The van der Waals surface area contributed by atoms with Crippen LogP contribution in [-0.4, -0.2) is 56.0 Å². The van der Waals surface area contributed by atoms with E-state index in [1.165, 1.54) is 7.11 Å². The molecule has 0 aliphatic heterocycles. The number of carbonyl (C=O) groups excluding carboxylic acids is 2. The summed E-state index contributed by atoms with van der Waals surface area (Å²) in [7, 11) is 1.34. The van der Waals surface area contributed by atoms with Crippen molar-refractivity contribution in [2.75, 3.05) is 26.9 Å². The molecule has 9 heteroatoms. The highest BCUT2D eigenvalue weighted by atomic mass is 16.7. The molecule has 9 nitrogen and oxygen atoms in total. The van der Waals surface area contributed by atoms with Gasteiger partial charge in [-0.2, -0.15) is 0 Å². The van der Waals surface area contributed by atoms with E-state index in [0.29, 0.717) is 12.8 Å². The minimum Gasteiger partial charge on any atom is -0.479 e. The standard InChI is InChI=1S/C25H28N2O7/c1-32-14-21(22(28)29)34-27-23(30)25(11-6-12-25)15-26-24(31)33-13-20-18-9-4-2-7-16(18)17-8-3-5-10-19(17)20/h2-5,7-10,20-21H,6,11-15H2,1H3,(H,26,31)(H,27,30)(H,28,29). The minimum atomic E-state index is -1.32. The van der Waals surface area contributed by atoms with Crippen molar-refractivity contribution in [3.8, 4) is 11.1 Å². The Balaban J connectivity index is 1.31. The summed E-state index contributed by atoms with van der Waals surface area (Å²) in [4.78, 5) is 41.3. The Morgan fingerprint density at radius 2 is 1.68 bits per heavy atom. The summed E-state index contributed by atoms with van der Waals surface area (Å²) in [6.45, 7) is 0.0426. The van der Waals surface area contributed by atoms with E-state index in [1.807, 2.05) is 36.4 Å². The van der Waals surface area contributed by atoms with Crippen LogP contribution in [0.15, 0.2) is 48.5 Å². The highest BCUT2D eigenvalue weighted by Gasteiger charge is 2.45. The topological polar surface area (TPSA) is 123 Å². The number of carboxylic acid groups (broad SMARTS) is 1. The molecule has 3 N–H and O–H groups in total. The van der Waals surface area contributed by atoms with Crippen LogP contribution in [0.4, 0.5) is 4.79 Å². The lowest BCUT2D eigenvalue weighted by molar-refractivity contribution is -0.170. The molecular weight excluding hydrogens is 440 g/mol. The van der Waals surface area contributed by atoms with Crippen molar-refractivity contribution < 1.29 is 33.8 Å². The van der Waals surface area contributed by atoms with Crippen molar-refractivity contribution in [3.05, 3.63) is 59.7 Å². The van der Waals surface area contributed by atoms with Gasteiger partial charge in [0.25, 0.3) is 5.91 Å². The molecule has 2 aromatic carbocycles. The van der Waals surface area contributed by atoms with Gasteiger partial charge in [-0.3, -0.25) is 9.63 Å². The SMILES string of the molecule is COCC(ONC(=O)C1(CNC(=O)OCC2c3ccccc3-c3ccccc32)CCC1)C(=O)O. The molecule has 4 rings (SSSR count). The van der Waals surface area contributed by atoms with Gasteiger partial charge in [-0.15, -0.1) is 0 Å². The summed E-state index contributed by atoms with van der Waals surface area (Å²) in [5.74, 6) is -1.78. The third-order valence-electron chi connectivity index (χ3n) is 6.59. The molecule has 0 bridgehead atoms. The molecule has 2 aliphatic rings. The lowest BCUT2D eigenvalue weighted by Gasteiger charge is -2.39. The Morgan fingerprint density at radius 1 is 1.06 bits per heavy atom. The summed E-state index contributed by atoms with van der Waals surface area (Å²) >= 11 is 0. The smallest absolute Gasteiger partial charge is 0.407 e. The molecule has 34 heavy (non-hydrogen) atoms. The van der Waals surface area contributed by atoms with Gasteiger partial charge in [-0.1, -0.05) is 55.0 Å². The Bertz CT molecular complexity index is 1020. The molecular formula is C25H28N2O7. The highest BCUT2D eigenvalue weighted by molar-refractivity contribution is 5.84. The first kappa shape index (κ1) is 23.7. The average Bonchev–Trinajstić information content (AvgIpc) is 3.13. The van der Waals surface area contributed by atoms with E-state index in [-0.39, 0.29) is 25.7 Å². The predicted octanol–water partition coefficient (Wildman–Crippen LogP) is 2.84. The summed E-state index contributed by atoms with van der Waals surface area (Å²) in [6.07, 6.45) is -0.00657. The average molecular weight is 469 g/mol. The van der Waals surface area contributed by atoms with E-state index in [4.69, 9.17) is 19.4 Å². The quantitative estimate of drug-likeness (QED) is 0.458. The van der Waals surface area contributed by atoms with Crippen LogP contribution in [0.5, 0.6) is 0 Å². The number of hydrogen-bond acceptors (Lipinski definition) is 6. The lowest BCUT2D eigenvalue weighted by Crippen LogP contribution is -2.53. The van der Waals surface area contributed by atoms with Crippen molar-refractivity contribution in [1.29, 1.82) is 0 Å². The molecule has 2 aromatic rings. The maximum Gasteiger partial charge on any atom is 0.407 e. The Kier molecular flexibility index (Phi) is 7.14. The van der Waals surface area contributed by atoms with Gasteiger partial charge in [0.05, 0.1) is 12.0 Å². The molecule has 0 spiro atoms. The number of carboxylic acids is 1. The van der Waals surface area contributed by atoms with E-state index in [9.17, 15) is 14.4 Å². The molecule has 0 radical (unpaired) electrons. The first-order chi connectivity index (χ1) is 16.4. The number of rotatable bonds is 10. The van der Waals surface area contributed by atoms with Gasteiger partial charge in [0.15, 0.2) is 0 Å².